The first kappa shape index (κ1) is 28.6. The van der Waals surface area contributed by atoms with E-state index in [1.54, 1.807) is 28.4 Å². The Bertz CT molecular complexity index is 1040. The third kappa shape index (κ3) is 5.79. The Balaban J connectivity index is 0.00000432. The number of likely N-dealkylation sites (N-methyl/N-ethyl adjacent to an activating group) is 1. The molecule has 35 heavy (non-hydrogen) atoms. The number of methoxy groups -OCH3 is 4. The molecule has 1 aliphatic rings. The van der Waals surface area contributed by atoms with Crippen molar-refractivity contribution in [3.05, 3.63) is 47.0 Å². The average Bonchev–Trinajstić information content (AvgIpc) is 2.85. The second-order valence-electron chi connectivity index (χ2n) is 9.45. The highest BCUT2D eigenvalue weighted by molar-refractivity contribution is 5.85. The maximum absolute atomic E-state index is 10.4. The standard InChI is InChI=1S/C28H38N2O4.ClH/c1-19(2)28(18-29,22-10-11-24(31-4)27(16-22)34-7)12-8-9-23-13-20-14-25(32-5)26(33-6)15-21(20)17-30(23)3;/h10-11,14-16,19,23H,8-9,12-13,17H2,1-7H3;1H. The predicted octanol–water partition coefficient (Wildman–Crippen LogP) is 5.79. The zero-order valence-corrected chi connectivity index (χ0v) is 22.8. The lowest BCUT2D eigenvalue weighted by atomic mass is 9.69. The maximum Gasteiger partial charge on any atom is 0.161 e. The number of benzene rings is 2. The molecule has 0 amide bonds. The highest BCUT2D eigenvalue weighted by Crippen LogP contribution is 2.41. The molecule has 2 aromatic rings. The van der Waals surface area contributed by atoms with E-state index >= 15 is 0 Å². The molecule has 7 heteroatoms. The normalized spacial score (nSPS) is 16.9. The molecule has 0 spiro atoms. The summed E-state index contributed by atoms with van der Waals surface area (Å²) in [5.74, 6) is 3.06. The van der Waals surface area contributed by atoms with Crippen molar-refractivity contribution in [3.8, 4) is 29.1 Å². The molecule has 192 valence electrons. The van der Waals surface area contributed by atoms with Crippen LogP contribution in [0.4, 0.5) is 0 Å². The van der Waals surface area contributed by atoms with E-state index in [0.29, 0.717) is 17.5 Å². The Morgan fingerprint density at radius 2 is 1.51 bits per heavy atom. The summed E-state index contributed by atoms with van der Waals surface area (Å²) in [6, 6.07) is 13.2. The maximum atomic E-state index is 10.4. The van der Waals surface area contributed by atoms with Crippen LogP contribution in [0.3, 0.4) is 0 Å². The number of nitriles is 1. The minimum Gasteiger partial charge on any atom is -0.493 e. The summed E-state index contributed by atoms with van der Waals surface area (Å²) in [5.41, 5.74) is 3.01. The van der Waals surface area contributed by atoms with Crippen LogP contribution in [0.15, 0.2) is 30.3 Å². The van der Waals surface area contributed by atoms with Crippen LogP contribution in [-0.2, 0) is 18.4 Å². The molecular weight excluding hydrogens is 464 g/mol. The number of ether oxygens (including phenoxy) is 4. The molecule has 0 saturated heterocycles. The van der Waals surface area contributed by atoms with Gasteiger partial charge in [0.1, 0.15) is 0 Å². The Morgan fingerprint density at radius 1 is 0.943 bits per heavy atom. The van der Waals surface area contributed by atoms with E-state index in [-0.39, 0.29) is 18.3 Å². The van der Waals surface area contributed by atoms with Crippen molar-refractivity contribution in [2.75, 3.05) is 35.5 Å². The quantitative estimate of drug-likeness (QED) is 0.410. The van der Waals surface area contributed by atoms with Gasteiger partial charge in [-0.25, -0.2) is 0 Å². The van der Waals surface area contributed by atoms with Crippen molar-refractivity contribution in [1.29, 1.82) is 5.26 Å². The van der Waals surface area contributed by atoms with Gasteiger partial charge in [-0.05, 0) is 79.6 Å². The molecule has 1 heterocycles. The Morgan fingerprint density at radius 3 is 2.06 bits per heavy atom. The Hall–Kier alpha value is -2.62. The topological polar surface area (TPSA) is 64.0 Å². The fraction of sp³-hybridized carbons (Fsp3) is 0.536. The Labute approximate surface area is 216 Å². The summed E-state index contributed by atoms with van der Waals surface area (Å²) in [6.45, 7) is 5.13. The van der Waals surface area contributed by atoms with Gasteiger partial charge in [-0.2, -0.15) is 5.26 Å². The number of fused-ring (bicyclic) bond motifs is 1. The van der Waals surface area contributed by atoms with E-state index in [2.05, 4.69) is 44.0 Å². The predicted molar refractivity (Wildman–Crippen MR) is 141 cm³/mol. The summed E-state index contributed by atoms with van der Waals surface area (Å²) >= 11 is 0. The van der Waals surface area contributed by atoms with Gasteiger partial charge in [0.15, 0.2) is 23.0 Å². The lowest BCUT2D eigenvalue weighted by Gasteiger charge is -2.36. The van der Waals surface area contributed by atoms with Crippen LogP contribution in [0.1, 0.15) is 49.8 Å². The first-order valence-electron chi connectivity index (χ1n) is 11.9. The molecule has 0 aliphatic carbocycles. The molecule has 0 saturated carbocycles. The van der Waals surface area contributed by atoms with Crippen molar-refractivity contribution in [1.82, 2.24) is 4.90 Å². The molecular formula is C28H39ClN2O4. The van der Waals surface area contributed by atoms with E-state index in [0.717, 1.165) is 49.3 Å². The average molecular weight is 503 g/mol. The third-order valence-electron chi connectivity index (χ3n) is 7.40. The number of hydrogen-bond donors (Lipinski definition) is 0. The van der Waals surface area contributed by atoms with Gasteiger partial charge in [0.05, 0.1) is 39.9 Å². The second kappa shape index (κ2) is 12.4. The molecule has 2 unspecified atom stereocenters. The van der Waals surface area contributed by atoms with Crippen LogP contribution >= 0.6 is 12.4 Å². The first-order chi connectivity index (χ1) is 16.3. The van der Waals surface area contributed by atoms with Gasteiger partial charge in [-0.3, -0.25) is 4.90 Å². The molecule has 0 fully saturated rings. The van der Waals surface area contributed by atoms with Gasteiger partial charge in [-0.1, -0.05) is 19.9 Å². The van der Waals surface area contributed by atoms with Crippen LogP contribution in [0.2, 0.25) is 0 Å². The summed E-state index contributed by atoms with van der Waals surface area (Å²) in [4.78, 5) is 2.41. The minimum atomic E-state index is -0.582. The highest BCUT2D eigenvalue weighted by atomic mass is 35.5. The van der Waals surface area contributed by atoms with Crippen LogP contribution in [0.5, 0.6) is 23.0 Å². The molecule has 0 aromatic heterocycles. The monoisotopic (exact) mass is 502 g/mol. The fourth-order valence-electron chi connectivity index (χ4n) is 5.18. The molecule has 2 atom stereocenters. The minimum absolute atomic E-state index is 0. The van der Waals surface area contributed by atoms with Gasteiger partial charge >= 0.3 is 0 Å². The van der Waals surface area contributed by atoms with Crippen LogP contribution in [0.25, 0.3) is 0 Å². The third-order valence-corrected chi connectivity index (χ3v) is 7.40. The number of hydrogen-bond acceptors (Lipinski definition) is 6. The van der Waals surface area contributed by atoms with Gasteiger partial charge in [0, 0.05) is 12.6 Å². The van der Waals surface area contributed by atoms with Crippen molar-refractivity contribution in [3.63, 3.8) is 0 Å². The molecule has 2 aromatic carbocycles. The summed E-state index contributed by atoms with van der Waals surface area (Å²) in [5, 5.41) is 10.4. The second-order valence-corrected chi connectivity index (χ2v) is 9.45. The van der Waals surface area contributed by atoms with E-state index in [4.69, 9.17) is 18.9 Å². The zero-order chi connectivity index (χ0) is 24.9. The van der Waals surface area contributed by atoms with Gasteiger partial charge in [-0.15, -0.1) is 12.4 Å². The van der Waals surface area contributed by atoms with Crippen LogP contribution in [-0.4, -0.2) is 46.4 Å². The molecule has 0 radical (unpaired) electrons. The van der Waals surface area contributed by atoms with E-state index in [9.17, 15) is 5.26 Å². The summed E-state index contributed by atoms with van der Waals surface area (Å²) < 4.78 is 21.9. The van der Waals surface area contributed by atoms with Crippen molar-refractivity contribution >= 4 is 12.4 Å². The fourth-order valence-corrected chi connectivity index (χ4v) is 5.18. The summed E-state index contributed by atoms with van der Waals surface area (Å²) in [6.07, 6.45) is 3.73. The lowest BCUT2D eigenvalue weighted by Crippen LogP contribution is -2.38. The molecule has 1 aliphatic heterocycles. The van der Waals surface area contributed by atoms with Gasteiger partial charge < -0.3 is 18.9 Å². The lowest BCUT2D eigenvalue weighted by molar-refractivity contribution is 0.194. The molecule has 0 N–H and O–H groups in total. The number of rotatable bonds is 10. The van der Waals surface area contributed by atoms with Crippen LogP contribution in [0, 0.1) is 17.2 Å². The van der Waals surface area contributed by atoms with E-state index in [1.807, 2.05) is 18.2 Å². The largest absolute Gasteiger partial charge is 0.493 e. The number of halogens is 1. The van der Waals surface area contributed by atoms with Crippen molar-refractivity contribution in [2.24, 2.45) is 5.92 Å². The van der Waals surface area contributed by atoms with Crippen LogP contribution < -0.4 is 18.9 Å². The van der Waals surface area contributed by atoms with Crippen molar-refractivity contribution < 1.29 is 18.9 Å². The van der Waals surface area contributed by atoms with Gasteiger partial charge in [0.25, 0.3) is 0 Å². The molecule has 3 rings (SSSR count). The van der Waals surface area contributed by atoms with E-state index in [1.165, 1.54) is 11.1 Å². The highest BCUT2D eigenvalue weighted by Gasteiger charge is 2.37. The van der Waals surface area contributed by atoms with E-state index < -0.39 is 5.41 Å². The van der Waals surface area contributed by atoms with Gasteiger partial charge in [0.2, 0.25) is 0 Å². The zero-order valence-electron chi connectivity index (χ0n) is 22.0. The SMILES string of the molecule is COc1ccc(C(C#N)(CCCC2Cc3cc(OC)c(OC)cc3CN2C)C(C)C)cc1OC.Cl. The summed E-state index contributed by atoms with van der Waals surface area (Å²) in [7, 11) is 8.79. The number of nitrogens with zero attached hydrogens (tertiary/aromatic N) is 2. The molecule has 0 bridgehead atoms. The first-order valence-corrected chi connectivity index (χ1v) is 11.9. The molecule has 6 nitrogen and oxygen atoms in total. The smallest absolute Gasteiger partial charge is 0.161 e. The van der Waals surface area contributed by atoms with Crippen molar-refractivity contribution in [2.45, 2.75) is 57.5 Å². The Kier molecular flexibility index (Phi) is 10.1.